The number of hydrogen-bond acceptors (Lipinski definition) is 2. The van der Waals surface area contributed by atoms with Gasteiger partial charge in [-0.1, -0.05) is 15.9 Å². The zero-order valence-corrected chi connectivity index (χ0v) is 10.9. The van der Waals surface area contributed by atoms with Gasteiger partial charge in [-0.2, -0.15) is 0 Å². The van der Waals surface area contributed by atoms with Crippen molar-refractivity contribution in [3.05, 3.63) is 34.1 Å². The Morgan fingerprint density at radius 3 is 2.88 bits per heavy atom. The Bertz CT molecular complexity index is 379. The summed E-state index contributed by atoms with van der Waals surface area (Å²) < 4.78 is 19.3. The van der Waals surface area contributed by atoms with Crippen molar-refractivity contribution < 1.29 is 13.9 Å². The highest BCUT2D eigenvalue weighted by molar-refractivity contribution is 9.10. The largest absolute Gasteiger partial charge is 0.371 e. The van der Waals surface area contributed by atoms with Gasteiger partial charge in [0.1, 0.15) is 11.9 Å². The predicted molar refractivity (Wildman–Crippen MR) is 63.9 cm³/mol. The Morgan fingerprint density at radius 1 is 1.56 bits per heavy atom. The van der Waals surface area contributed by atoms with Gasteiger partial charge < -0.3 is 4.74 Å². The van der Waals surface area contributed by atoms with E-state index in [1.54, 1.807) is 19.1 Å². The maximum atomic E-state index is 13.4. The van der Waals surface area contributed by atoms with Crippen LogP contribution in [-0.4, -0.2) is 18.5 Å². The van der Waals surface area contributed by atoms with E-state index in [1.807, 2.05) is 6.92 Å². The third-order valence-electron chi connectivity index (χ3n) is 2.24. The third kappa shape index (κ3) is 3.68. The fourth-order valence-corrected chi connectivity index (χ4v) is 1.76. The van der Waals surface area contributed by atoms with Crippen LogP contribution in [0, 0.1) is 5.82 Å². The lowest BCUT2D eigenvalue weighted by Crippen LogP contribution is -2.22. The van der Waals surface area contributed by atoms with Crippen molar-refractivity contribution in [1.29, 1.82) is 0 Å². The number of Topliss-reactive ketones (excluding diaryl/α,β-unsaturated/α-hetero) is 1. The molecule has 4 heteroatoms. The van der Waals surface area contributed by atoms with E-state index in [2.05, 4.69) is 15.9 Å². The van der Waals surface area contributed by atoms with Crippen molar-refractivity contribution >= 4 is 21.7 Å². The van der Waals surface area contributed by atoms with Gasteiger partial charge in [-0.25, -0.2) is 4.39 Å². The van der Waals surface area contributed by atoms with Crippen LogP contribution in [0.5, 0.6) is 0 Å². The van der Waals surface area contributed by atoms with Gasteiger partial charge >= 0.3 is 0 Å². The quantitative estimate of drug-likeness (QED) is 0.832. The van der Waals surface area contributed by atoms with Gasteiger partial charge in [-0.15, -0.1) is 0 Å². The van der Waals surface area contributed by atoms with Crippen LogP contribution >= 0.6 is 15.9 Å². The SMILES string of the molecule is CCOC(C)C(=O)Cc1cc(Br)ccc1F. The molecule has 0 saturated carbocycles. The molecule has 0 saturated heterocycles. The molecule has 0 bridgehead atoms. The van der Waals surface area contributed by atoms with E-state index in [0.717, 1.165) is 4.47 Å². The highest BCUT2D eigenvalue weighted by Gasteiger charge is 2.15. The highest BCUT2D eigenvalue weighted by atomic mass is 79.9. The van der Waals surface area contributed by atoms with Crippen molar-refractivity contribution in [3.63, 3.8) is 0 Å². The van der Waals surface area contributed by atoms with Crippen molar-refractivity contribution in [2.45, 2.75) is 26.4 Å². The summed E-state index contributed by atoms with van der Waals surface area (Å²) in [4.78, 5) is 11.7. The Balaban J connectivity index is 2.72. The van der Waals surface area contributed by atoms with Gasteiger partial charge in [0.05, 0.1) is 0 Å². The van der Waals surface area contributed by atoms with Crippen LogP contribution in [0.15, 0.2) is 22.7 Å². The fourth-order valence-electron chi connectivity index (χ4n) is 1.35. The van der Waals surface area contributed by atoms with Gasteiger partial charge in [-0.05, 0) is 37.6 Å². The van der Waals surface area contributed by atoms with E-state index in [0.29, 0.717) is 12.2 Å². The Labute approximate surface area is 103 Å². The Hall–Kier alpha value is -0.740. The number of carbonyl (C=O) groups excluding carboxylic acids is 1. The average Bonchev–Trinajstić information content (AvgIpc) is 2.23. The topological polar surface area (TPSA) is 26.3 Å². The molecule has 0 spiro atoms. The molecule has 0 aliphatic rings. The summed E-state index contributed by atoms with van der Waals surface area (Å²) in [6, 6.07) is 4.57. The molecule has 0 aromatic heterocycles. The summed E-state index contributed by atoms with van der Waals surface area (Å²) >= 11 is 3.24. The van der Waals surface area contributed by atoms with Crippen LogP contribution < -0.4 is 0 Å². The van der Waals surface area contributed by atoms with Gasteiger partial charge in [0.15, 0.2) is 5.78 Å². The molecule has 16 heavy (non-hydrogen) atoms. The smallest absolute Gasteiger partial charge is 0.165 e. The van der Waals surface area contributed by atoms with Crippen molar-refractivity contribution in [2.24, 2.45) is 0 Å². The molecule has 1 rings (SSSR count). The second-order valence-corrected chi connectivity index (χ2v) is 4.39. The van der Waals surface area contributed by atoms with Crippen LogP contribution in [0.4, 0.5) is 4.39 Å². The molecular weight excluding hydrogens is 275 g/mol. The van der Waals surface area contributed by atoms with Crippen LogP contribution in [0.3, 0.4) is 0 Å². The van der Waals surface area contributed by atoms with Crippen LogP contribution in [0.25, 0.3) is 0 Å². The monoisotopic (exact) mass is 288 g/mol. The molecule has 1 unspecified atom stereocenters. The summed E-state index contributed by atoms with van der Waals surface area (Å²) in [6.07, 6.45) is -0.421. The maximum absolute atomic E-state index is 13.4. The molecule has 1 aromatic rings. The molecule has 0 radical (unpaired) electrons. The number of ketones is 1. The molecule has 0 N–H and O–H groups in total. The number of halogens is 2. The van der Waals surface area contributed by atoms with Crippen molar-refractivity contribution in [3.8, 4) is 0 Å². The van der Waals surface area contributed by atoms with Gasteiger partial charge in [0, 0.05) is 17.5 Å². The van der Waals surface area contributed by atoms with E-state index in [9.17, 15) is 9.18 Å². The molecule has 1 atom stereocenters. The number of hydrogen-bond donors (Lipinski definition) is 0. The van der Waals surface area contributed by atoms with Crippen LogP contribution in [-0.2, 0) is 16.0 Å². The molecule has 0 aliphatic carbocycles. The minimum atomic E-state index is -0.483. The highest BCUT2D eigenvalue weighted by Crippen LogP contribution is 2.16. The minimum Gasteiger partial charge on any atom is -0.371 e. The summed E-state index contributed by atoms with van der Waals surface area (Å²) in [7, 11) is 0. The first-order valence-electron chi connectivity index (χ1n) is 5.12. The second kappa shape index (κ2) is 6.11. The molecule has 1 aromatic carbocycles. The molecule has 0 amide bonds. The Morgan fingerprint density at radius 2 is 2.25 bits per heavy atom. The summed E-state index contributed by atoms with van der Waals surface area (Å²) in [5, 5.41) is 0. The lowest BCUT2D eigenvalue weighted by Gasteiger charge is -2.10. The van der Waals surface area contributed by atoms with E-state index < -0.39 is 6.10 Å². The van der Waals surface area contributed by atoms with E-state index >= 15 is 0 Å². The number of rotatable bonds is 5. The molecule has 0 heterocycles. The van der Waals surface area contributed by atoms with Crippen molar-refractivity contribution in [2.75, 3.05) is 6.61 Å². The van der Waals surface area contributed by atoms with Crippen molar-refractivity contribution in [1.82, 2.24) is 0 Å². The lowest BCUT2D eigenvalue weighted by molar-refractivity contribution is -0.128. The lowest BCUT2D eigenvalue weighted by atomic mass is 10.1. The number of benzene rings is 1. The first kappa shape index (κ1) is 13.3. The standard InChI is InChI=1S/C12H14BrFO2/c1-3-16-8(2)12(15)7-9-6-10(13)4-5-11(9)14/h4-6,8H,3,7H2,1-2H3. The maximum Gasteiger partial charge on any atom is 0.165 e. The van der Waals surface area contributed by atoms with Gasteiger partial charge in [0.25, 0.3) is 0 Å². The van der Waals surface area contributed by atoms with Gasteiger partial charge in [-0.3, -0.25) is 4.79 Å². The minimum absolute atomic E-state index is 0.0619. The third-order valence-corrected chi connectivity index (χ3v) is 2.74. The predicted octanol–water partition coefficient (Wildman–Crippen LogP) is 3.12. The zero-order valence-electron chi connectivity index (χ0n) is 9.30. The first-order valence-corrected chi connectivity index (χ1v) is 5.92. The van der Waals surface area contributed by atoms with E-state index in [1.165, 1.54) is 6.07 Å². The molecule has 0 aliphatic heterocycles. The zero-order chi connectivity index (χ0) is 12.1. The molecular formula is C12H14BrFO2. The fraction of sp³-hybridized carbons (Fsp3) is 0.417. The number of carbonyl (C=O) groups is 1. The second-order valence-electron chi connectivity index (χ2n) is 3.48. The average molecular weight is 289 g/mol. The molecule has 88 valence electrons. The Kier molecular flexibility index (Phi) is 5.09. The first-order chi connectivity index (χ1) is 7.54. The van der Waals surface area contributed by atoms with E-state index in [-0.39, 0.29) is 18.0 Å². The van der Waals surface area contributed by atoms with Crippen LogP contribution in [0.1, 0.15) is 19.4 Å². The number of ether oxygens (including phenoxy) is 1. The normalized spacial score (nSPS) is 12.5. The summed E-state index contributed by atoms with van der Waals surface area (Å²) in [6.45, 7) is 3.99. The molecule has 0 fully saturated rings. The van der Waals surface area contributed by atoms with E-state index in [4.69, 9.17) is 4.74 Å². The van der Waals surface area contributed by atoms with Crippen LogP contribution in [0.2, 0.25) is 0 Å². The van der Waals surface area contributed by atoms with Gasteiger partial charge in [0.2, 0.25) is 0 Å². The summed E-state index contributed by atoms with van der Waals surface area (Å²) in [5.74, 6) is -0.473. The summed E-state index contributed by atoms with van der Waals surface area (Å²) in [5.41, 5.74) is 0.394. The molecule has 2 nitrogen and oxygen atoms in total.